The summed E-state index contributed by atoms with van der Waals surface area (Å²) in [5.41, 5.74) is 0. The number of aliphatic carboxylic acids is 1. The molecule has 0 aromatic carbocycles. The van der Waals surface area contributed by atoms with Crippen molar-refractivity contribution in [2.45, 2.75) is 77.2 Å². The molecule has 1 fully saturated rings. The van der Waals surface area contributed by atoms with E-state index in [4.69, 9.17) is 5.11 Å². The molecule has 126 valence electrons. The van der Waals surface area contributed by atoms with Crippen molar-refractivity contribution in [3.8, 4) is 0 Å². The van der Waals surface area contributed by atoms with E-state index in [0.29, 0.717) is 12.3 Å². The van der Waals surface area contributed by atoms with Gasteiger partial charge in [-0.2, -0.15) is 0 Å². The summed E-state index contributed by atoms with van der Waals surface area (Å²) < 4.78 is 0. The summed E-state index contributed by atoms with van der Waals surface area (Å²) in [6, 6.07) is 0. The van der Waals surface area contributed by atoms with Crippen LogP contribution in [0.2, 0.25) is 0 Å². The van der Waals surface area contributed by atoms with Crippen molar-refractivity contribution in [2.24, 2.45) is 11.8 Å². The van der Waals surface area contributed by atoms with E-state index in [9.17, 15) is 14.7 Å². The van der Waals surface area contributed by atoms with Gasteiger partial charge in [0.05, 0.1) is 6.10 Å². The molecule has 22 heavy (non-hydrogen) atoms. The average molecular weight is 310 g/mol. The summed E-state index contributed by atoms with van der Waals surface area (Å²) >= 11 is 0. The van der Waals surface area contributed by atoms with E-state index < -0.39 is 5.97 Å². The Balaban J connectivity index is 2.22. The largest absolute Gasteiger partial charge is 0.481 e. The number of aliphatic hydroxyl groups excluding tert-OH is 1. The van der Waals surface area contributed by atoms with Gasteiger partial charge in [0.1, 0.15) is 0 Å². The second kappa shape index (κ2) is 10.5. The van der Waals surface area contributed by atoms with Crippen LogP contribution in [-0.2, 0) is 9.59 Å². The summed E-state index contributed by atoms with van der Waals surface area (Å²) in [5, 5.41) is 18.7. The lowest BCUT2D eigenvalue weighted by atomic mass is 9.88. The number of unbranched alkanes of at least 4 members (excludes halogenated alkanes) is 4. The zero-order valence-electron chi connectivity index (χ0n) is 13.7. The highest BCUT2D eigenvalue weighted by Crippen LogP contribution is 2.36. The normalized spacial score (nSPS) is 24.9. The first-order valence-electron chi connectivity index (χ1n) is 8.65. The van der Waals surface area contributed by atoms with Crippen molar-refractivity contribution in [2.75, 3.05) is 0 Å². The number of allylic oxidation sites excluding steroid dienone is 2. The van der Waals surface area contributed by atoms with Crippen LogP contribution >= 0.6 is 0 Å². The minimum Gasteiger partial charge on any atom is -0.481 e. The predicted octanol–water partition coefficient (Wildman–Crippen LogP) is 3.72. The molecular weight excluding hydrogens is 280 g/mol. The fraction of sp³-hybridized carbons (Fsp3) is 0.778. The molecule has 1 saturated carbocycles. The number of rotatable bonds is 11. The van der Waals surface area contributed by atoms with Crippen molar-refractivity contribution >= 4 is 11.8 Å². The molecule has 0 aliphatic heterocycles. The Morgan fingerprint density at radius 2 is 1.77 bits per heavy atom. The van der Waals surface area contributed by atoms with Crippen molar-refractivity contribution in [3.63, 3.8) is 0 Å². The Hall–Kier alpha value is -1.16. The zero-order chi connectivity index (χ0) is 16.4. The third-order valence-corrected chi connectivity index (χ3v) is 4.65. The van der Waals surface area contributed by atoms with Gasteiger partial charge < -0.3 is 10.2 Å². The van der Waals surface area contributed by atoms with Crippen LogP contribution in [0.4, 0.5) is 0 Å². The number of aliphatic hydroxyl groups is 1. The lowest BCUT2D eigenvalue weighted by molar-refractivity contribution is -0.137. The molecule has 2 N–H and O–H groups in total. The molecule has 0 bridgehead atoms. The quantitative estimate of drug-likeness (QED) is 0.450. The van der Waals surface area contributed by atoms with Gasteiger partial charge in [0.15, 0.2) is 5.78 Å². The summed E-state index contributed by atoms with van der Waals surface area (Å²) in [6.45, 7) is 1.86. The zero-order valence-corrected chi connectivity index (χ0v) is 13.7. The molecule has 0 heterocycles. The van der Waals surface area contributed by atoms with Crippen LogP contribution in [0.1, 0.15) is 71.1 Å². The standard InChI is InChI=1S/C18H30O4/c1-2-15(19)12-10-14-11-13-17(20)16(14)8-6-4-3-5-7-9-18(21)22/h10,12,14,16-17,20H,2-9,11,13H2,1H3,(H,21,22). The molecule has 0 spiro atoms. The summed E-state index contributed by atoms with van der Waals surface area (Å²) in [6.07, 6.45) is 12.0. The van der Waals surface area contributed by atoms with Gasteiger partial charge in [0.25, 0.3) is 0 Å². The van der Waals surface area contributed by atoms with E-state index in [2.05, 4.69) is 0 Å². The summed E-state index contributed by atoms with van der Waals surface area (Å²) in [7, 11) is 0. The SMILES string of the molecule is CCC(=O)C=CC1CCC(O)C1CCCCCCCC(=O)O. The van der Waals surface area contributed by atoms with Crippen molar-refractivity contribution in [3.05, 3.63) is 12.2 Å². The predicted molar refractivity (Wildman–Crippen MR) is 86.6 cm³/mol. The molecular formula is C18H30O4. The van der Waals surface area contributed by atoms with Gasteiger partial charge in [-0.1, -0.05) is 38.7 Å². The number of hydrogen-bond donors (Lipinski definition) is 2. The van der Waals surface area contributed by atoms with E-state index >= 15 is 0 Å². The maximum atomic E-state index is 11.4. The Bertz CT molecular complexity index is 375. The van der Waals surface area contributed by atoms with Crippen LogP contribution in [0.25, 0.3) is 0 Å². The molecule has 1 aliphatic rings. The molecule has 1 rings (SSSR count). The van der Waals surface area contributed by atoms with E-state index in [-0.39, 0.29) is 24.2 Å². The third kappa shape index (κ3) is 7.21. The van der Waals surface area contributed by atoms with Gasteiger partial charge in [0.2, 0.25) is 0 Å². The first-order valence-corrected chi connectivity index (χ1v) is 8.65. The highest BCUT2D eigenvalue weighted by molar-refractivity contribution is 5.89. The van der Waals surface area contributed by atoms with E-state index in [1.54, 1.807) is 6.08 Å². The Kier molecular flexibility index (Phi) is 9.05. The second-order valence-electron chi connectivity index (χ2n) is 6.35. The van der Waals surface area contributed by atoms with Crippen LogP contribution < -0.4 is 0 Å². The highest BCUT2D eigenvalue weighted by atomic mass is 16.4. The fourth-order valence-corrected chi connectivity index (χ4v) is 3.26. The van der Waals surface area contributed by atoms with Crippen molar-refractivity contribution in [1.29, 1.82) is 0 Å². The van der Waals surface area contributed by atoms with Crippen molar-refractivity contribution < 1.29 is 19.8 Å². The maximum absolute atomic E-state index is 11.4. The second-order valence-corrected chi connectivity index (χ2v) is 6.35. The van der Waals surface area contributed by atoms with Gasteiger partial charge in [-0.3, -0.25) is 9.59 Å². The van der Waals surface area contributed by atoms with Gasteiger partial charge >= 0.3 is 5.97 Å². The number of hydrogen-bond acceptors (Lipinski definition) is 3. The Morgan fingerprint density at radius 3 is 2.45 bits per heavy atom. The first-order chi connectivity index (χ1) is 10.5. The number of carboxylic acids is 1. The molecule has 0 saturated heterocycles. The molecule has 4 nitrogen and oxygen atoms in total. The van der Waals surface area contributed by atoms with Gasteiger partial charge in [-0.25, -0.2) is 0 Å². The number of carbonyl (C=O) groups is 2. The Morgan fingerprint density at radius 1 is 1.09 bits per heavy atom. The van der Waals surface area contributed by atoms with Gasteiger partial charge in [-0.05, 0) is 43.6 Å². The third-order valence-electron chi connectivity index (χ3n) is 4.65. The molecule has 0 aromatic rings. The van der Waals surface area contributed by atoms with Gasteiger partial charge in [-0.15, -0.1) is 0 Å². The maximum Gasteiger partial charge on any atom is 0.303 e. The molecule has 1 aliphatic carbocycles. The van der Waals surface area contributed by atoms with Crippen molar-refractivity contribution in [1.82, 2.24) is 0 Å². The van der Waals surface area contributed by atoms with E-state index in [1.165, 1.54) is 0 Å². The van der Waals surface area contributed by atoms with Crippen LogP contribution in [0.5, 0.6) is 0 Å². The molecule has 0 amide bonds. The number of carbonyl (C=O) groups excluding carboxylic acids is 1. The molecule has 0 radical (unpaired) electrons. The molecule has 3 unspecified atom stereocenters. The lowest BCUT2D eigenvalue weighted by Gasteiger charge is -2.19. The molecule has 3 atom stereocenters. The summed E-state index contributed by atoms with van der Waals surface area (Å²) in [4.78, 5) is 21.8. The van der Waals surface area contributed by atoms with E-state index in [0.717, 1.165) is 51.4 Å². The van der Waals surface area contributed by atoms with E-state index in [1.807, 2.05) is 13.0 Å². The smallest absolute Gasteiger partial charge is 0.303 e. The highest BCUT2D eigenvalue weighted by Gasteiger charge is 2.32. The minimum atomic E-state index is -0.717. The number of ketones is 1. The van der Waals surface area contributed by atoms with Gasteiger partial charge in [0, 0.05) is 12.8 Å². The Labute approximate surface area is 133 Å². The lowest BCUT2D eigenvalue weighted by Crippen LogP contribution is -2.18. The molecule has 4 heteroatoms. The van der Waals surface area contributed by atoms with Crippen LogP contribution in [0, 0.1) is 11.8 Å². The van der Waals surface area contributed by atoms with Crippen LogP contribution in [-0.4, -0.2) is 28.1 Å². The van der Waals surface area contributed by atoms with Crippen LogP contribution in [0.15, 0.2) is 12.2 Å². The number of carboxylic acid groups (broad SMARTS) is 1. The topological polar surface area (TPSA) is 74.6 Å². The molecule has 0 aromatic heterocycles. The fourth-order valence-electron chi connectivity index (χ4n) is 3.26. The average Bonchev–Trinajstić information content (AvgIpc) is 2.84. The first kappa shape index (κ1) is 18.9. The summed E-state index contributed by atoms with van der Waals surface area (Å²) in [5.74, 6) is 0.0429. The monoisotopic (exact) mass is 310 g/mol. The van der Waals surface area contributed by atoms with Crippen LogP contribution in [0.3, 0.4) is 0 Å². The minimum absolute atomic E-state index is 0.151.